The molecule has 2 aromatic rings. The van der Waals surface area contributed by atoms with Crippen LogP contribution in [0.15, 0.2) is 47.5 Å². The van der Waals surface area contributed by atoms with Crippen LogP contribution in [0.4, 0.5) is 11.4 Å². The molecule has 1 atom stereocenters. The van der Waals surface area contributed by atoms with Crippen LogP contribution >= 0.6 is 11.8 Å². The van der Waals surface area contributed by atoms with Gasteiger partial charge in [-0.25, -0.2) is 4.99 Å². The predicted molar refractivity (Wildman–Crippen MR) is 110 cm³/mol. The minimum atomic E-state index is -0.522. The normalized spacial score (nSPS) is 19.0. The van der Waals surface area contributed by atoms with Crippen molar-refractivity contribution in [1.82, 2.24) is 4.90 Å². The van der Waals surface area contributed by atoms with Crippen molar-refractivity contribution in [2.75, 3.05) is 26.3 Å². The van der Waals surface area contributed by atoms with Crippen LogP contribution in [0.25, 0.3) is 0 Å². The molecule has 1 fully saturated rings. The number of carbonyl (C=O) groups excluding carboxylic acids is 2. The van der Waals surface area contributed by atoms with E-state index in [0.29, 0.717) is 33.8 Å². The van der Waals surface area contributed by atoms with Crippen molar-refractivity contribution < 1.29 is 23.8 Å². The predicted octanol–water partition coefficient (Wildman–Crippen LogP) is 3.01. The molecule has 0 saturated carbocycles. The lowest BCUT2D eigenvalue weighted by Crippen LogP contribution is -2.30. The van der Waals surface area contributed by atoms with Gasteiger partial charge in [0.2, 0.25) is 18.6 Å². The van der Waals surface area contributed by atoms with Gasteiger partial charge in [-0.2, -0.15) is 0 Å². The molecular weight excluding hydrogens is 394 g/mol. The maximum atomic E-state index is 12.5. The van der Waals surface area contributed by atoms with Gasteiger partial charge in [-0.05, 0) is 36.4 Å². The molecule has 29 heavy (non-hydrogen) atoms. The van der Waals surface area contributed by atoms with Crippen molar-refractivity contribution in [1.29, 1.82) is 0 Å². The van der Waals surface area contributed by atoms with Crippen LogP contribution in [0.1, 0.15) is 6.42 Å². The summed E-state index contributed by atoms with van der Waals surface area (Å²) in [5.41, 5.74) is 1.30. The monoisotopic (exact) mass is 413 g/mol. The molecule has 0 unspecified atom stereocenters. The molecule has 0 radical (unpaired) electrons. The number of thioether (sulfide) groups is 1. The summed E-state index contributed by atoms with van der Waals surface area (Å²) in [4.78, 5) is 30.9. The Morgan fingerprint density at radius 2 is 2.00 bits per heavy atom. The standard InChI is InChI=1S/C20H19N3O5S/c1-23-19(25)17(10-18(24)21-12-3-6-14(26-2)7-4-12)29-20(23)22-13-5-8-15-16(9-13)28-11-27-15/h3-9,17H,10-11H2,1-2H3,(H,21,24)/t17-/m1/s1. The summed E-state index contributed by atoms with van der Waals surface area (Å²) >= 11 is 1.27. The Bertz CT molecular complexity index is 977. The van der Waals surface area contributed by atoms with Crippen molar-refractivity contribution in [3.8, 4) is 17.2 Å². The van der Waals surface area contributed by atoms with Crippen LogP contribution in [0, 0.1) is 0 Å². The lowest BCUT2D eigenvalue weighted by atomic mass is 10.2. The number of anilines is 1. The number of fused-ring (bicyclic) bond motifs is 1. The fraction of sp³-hybridized carbons (Fsp3) is 0.250. The zero-order valence-corrected chi connectivity index (χ0v) is 16.7. The number of amidine groups is 1. The highest BCUT2D eigenvalue weighted by atomic mass is 32.2. The minimum absolute atomic E-state index is 0.0556. The Kier molecular flexibility index (Phi) is 5.30. The van der Waals surface area contributed by atoms with E-state index >= 15 is 0 Å². The van der Waals surface area contributed by atoms with Crippen molar-refractivity contribution in [3.63, 3.8) is 0 Å². The molecule has 4 rings (SSSR count). The molecule has 8 nitrogen and oxygen atoms in total. The lowest BCUT2D eigenvalue weighted by molar-refractivity contribution is -0.127. The molecule has 0 bridgehead atoms. The second kappa shape index (κ2) is 8.04. The fourth-order valence-corrected chi connectivity index (χ4v) is 4.07. The molecule has 1 N–H and O–H groups in total. The average Bonchev–Trinajstić information content (AvgIpc) is 3.29. The van der Waals surface area contributed by atoms with Crippen LogP contribution < -0.4 is 19.5 Å². The number of benzene rings is 2. The highest BCUT2D eigenvalue weighted by molar-refractivity contribution is 8.15. The number of ether oxygens (including phenoxy) is 3. The third-order valence-electron chi connectivity index (χ3n) is 4.47. The van der Waals surface area contributed by atoms with Gasteiger partial charge in [0, 0.05) is 25.2 Å². The van der Waals surface area contributed by atoms with Gasteiger partial charge in [0.25, 0.3) is 0 Å². The third-order valence-corrected chi connectivity index (χ3v) is 5.69. The lowest BCUT2D eigenvalue weighted by Gasteiger charge is -2.09. The molecule has 0 aliphatic carbocycles. The third kappa shape index (κ3) is 4.14. The van der Waals surface area contributed by atoms with Gasteiger partial charge in [0.05, 0.1) is 12.8 Å². The number of aliphatic imine (C=N–C) groups is 1. The Morgan fingerprint density at radius 3 is 2.76 bits per heavy atom. The first-order chi connectivity index (χ1) is 14.0. The molecule has 2 amide bonds. The Labute approximate surface area is 171 Å². The van der Waals surface area contributed by atoms with E-state index in [4.69, 9.17) is 14.2 Å². The van der Waals surface area contributed by atoms with E-state index < -0.39 is 5.25 Å². The molecule has 150 valence electrons. The summed E-state index contributed by atoms with van der Waals surface area (Å²) in [7, 11) is 3.23. The summed E-state index contributed by atoms with van der Waals surface area (Å²) in [6, 6.07) is 12.4. The SMILES string of the molecule is COc1ccc(NC(=O)C[C@H]2SC(=Nc3ccc4c(c3)OCO4)N(C)C2=O)cc1. The molecular formula is C20H19N3O5S. The Morgan fingerprint density at radius 1 is 1.24 bits per heavy atom. The second-order valence-electron chi connectivity index (χ2n) is 6.42. The quantitative estimate of drug-likeness (QED) is 0.811. The highest BCUT2D eigenvalue weighted by Crippen LogP contribution is 2.37. The fourth-order valence-electron chi connectivity index (χ4n) is 2.92. The number of hydrogen-bond acceptors (Lipinski definition) is 7. The van der Waals surface area contributed by atoms with Gasteiger partial charge in [0.1, 0.15) is 11.0 Å². The number of nitrogens with zero attached hydrogens (tertiary/aromatic N) is 2. The van der Waals surface area contributed by atoms with Crippen LogP contribution in [0.3, 0.4) is 0 Å². The van der Waals surface area contributed by atoms with E-state index in [1.807, 2.05) is 0 Å². The van der Waals surface area contributed by atoms with E-state index in [0.717, 1.165) is 0 Å². The van der Waals surface area contributed by atoms with Gasteiger partial charge in [-0.3, -0.25) is 14.5 Å². The van der Waals surface area contributed by atoms with Crippen molar-refractivity contribution in [2.45, 2.75) is 11.7 Å². The number of carbonyl (C=O) groups is 2. The Balaban J connectivity index is 1.41. The summed E-state index contributed by atoms with van der Waals surface area (Å²) in [5.74, 6) is 1.61. The molecule has 0 spiro atoms. The van der Waals surface area contributed by atoms with Gasteiger partial charge < -0.3 is 19.5 Å². The van der Waals surface area contributed by atoms with E-state index in [2.05, 4.69) is 10.3 Å². The van der Waals surface area contributed by atoms with Crippen LogP contribution in [-0.2, 0) is 9.59 Å². The van der Waals surface area contributed by atoms with Crippen LogP contribution in [-0.4, -0.2) is 48.1 Å². The van der Waals surface area contributed by atoms with E-state index in [-0.39, 0.29) is 25.0 Å². The first-order valence-corrected chi connectivity index (χ1v) is 9.78. The second-order valence-corrected chi connectivity index (χ2v) is 7.59. The number of nitrogens with one attached hydrogen (secondary N) is 1. The average molecular weight is 413 g/mol. The highest BCUT2D eigenvalue weighted by Gasteiger charge is 2.37. The number of amides is 2. The molecule has 2 heterocycles. The van der Waals surface area contributed by atoms with E-state index in [9.17, 15) is 9.59 Å². The zero-order valence-electron chi connectivity index (χ0n) is 15.9. The van der Waals surface area contributed by atoms with Gasteiger partial charge >= 0.3 is 0 Å². The summed E-state index contributed by atoms with van der Waals surface area (Å²) in [6.07, 6.45) is 0.0556. The Hall–Kier alpha value is -3.20. The largest absolute Gasteiger partial charge is 0.497 e. The number of hydrogen-bond donors (Lipinski definition) is 1. The molecule has 2 aromatic carbocycles. The van der Waals surface area contributed by atoms with E-state index in [1.165, 1.54) is 16.7 Å². The molecule has 2 aliphatic heterocycles. The van der Waals surface area contributed by atoms with E-state index in [1.54, 1.807) is 56.6 Å². The summed E-state index contributed by atoms with van der Waals surface area (Å²) in [6.45, 7) is 0.188. The van der Waals surface area contributed by atoms with Gasteiger partial charge in [-0.15, -0.1) is 0 Å². The smallest absolute Gasteiger partial charge is 0.242 e. The van der Waals surface area contributed by atoms with Crippen molar-refractivity contribution in [3.05, 3.63) is 42.5 Å². The van der Waals surface area contributed by atoms with Gasteiger partial charge in [-0.1, -0.05) is 11.8 Å². The molecule has 2 aliphatic rings. The van der Waals surface area contributed by atoms with Gasteiger partial charge in [0.15, 0.2) is 16.7 Å². The number of rotatable bonds is 5. The maximum Gasteiger partial charge on any atom is 0.242 e. The van der Waals surface area contributed by atoms with Crippen molar-refractivity contribution in [2.24, 2.45) is 4.99 Å². The summed E-state index contributed by atoms with van der Waals surface area (Å²) in [5, 5.41) is 2.82. The first kappa shape index (κ1) is 19.1. The van der Waals surface area contributed by atoms with Crippen LogP contribution in [0.2, 0.25) is 0 Å². The first-order valence-electron chi connectivity index (χ1n) is 8.90. The number of methoxy groups -OCH3 is 1. The minimum Gasteiger partial charge on any atom is -0.497 e. The zero-order chi connectivity index (χ0) is 20.4. The topological polar surface area (TPSA) is 89.5 Å². The summed E-state index contributed by atoms with van der Waals surface area (Å²) < 4.78 is 15.7. The molecule has 0 aromatic heterocycles. The maximum absolute atomic E-state index is 12.5. The molecule has 1 saturated heterocycles. The molecule has 9 heteroatoms. The van der Waals surface area contributed by atoms with Crippen molar-refractivity contribution >= 4 is 40.1 Å². The van der Waals surface area contributed by atoms with Crippen LogP contribution in [0.5, 0.6) is 17.2 Å².